The van der Waals surface area contributed by atoms with E-state index in [1.165, 1.54) is 4.90 Å². The van der Waals surface area contributed by atoms with Crippen LogP contribution >= 0.6 is 0 Å². The van der Waals surface area contributed by atoms with E-state index < -0.39 is 5.60 Å². The van der Waals surface area contributed by atoms with Gasteiger partial charge in [-0.1, -0.05) is 0 Å². The van der Waals surface area contributed by atoms with Gasteiger partial charge in [0.25, 0.3) is 0 Å². The number of nitriles is 1. The van der Waals surface area contributed by atoms with E-state index in [0.717, 1.165) is 0 Å². The number of hydrogen-bond donors (Lipinski definition) is 1. The lowest BCUT2D eigenvalue weighted by atomic mass is 10.2. The zero-order valence-electron chi connectivity index (χ0n) is 12.1. The lowest BCUT2D eigenvalue weighted by molar-refractivity contribution is -0.0561. The molecule has 1 N–H and O–H groups in total. The van der Waals surface area contributed by atoms with Crippen LogP contribution in [0.25, 0.3) is 0 Å². The van der Waals surface area contributed by atoms with Crippen LogP contribution < -0.4 is 10.1 Å². The Morgan fingerprint density at radius 1 is 1.35 bits per heavy atom. The summed E-state index contributed by atoms with van der Waals surface area (Å²) in [5.74, 6) is 0.599. The van der Waals surface area contributed by atoms with Crippen molar-refractivity contribution in [2.45, 2.75) is 19.4 Å². The van der Waals surface area contributed by atoms with Crippen molar-refractivity contribution in [1.82, 2.24) is 4.90 Å². The third-order valence-corrected chi connectivity index (χ3v) is 2.43. The van der Waals surface area contributed by atoms with Crippen molar-refractivity contribution in [2.24, 2.45) is 0 Å². The standard InChI is InChI=1S/C14H19N3O3/c1-14(2,9-15)20-10-19-12-7-5-11(6-8-12)16-13(18)17(3)4/h5-8H,10H2,1-4H3,(H,16,18). The van der Waals surface area contributed by atoms with Gasteiger partial charge in [-0.15, -0.1) is 0 Å². The van der Waals surface area contributed by atoms with Crippen molar-refractivity contribution in [3.63, 3.8) is 0 Å². The molecule has 2 amide bonds. The molecule has 0 saturated carbocycles. The number of anilines is 1. The second-order valence-corrected chi connectivity index (χ2v) is 4.88. The fourth-order valence-corrected chi connectivity index (χ4v) is 1.15. The number of carbonyl (C=O) groups excluding carboxylic acids is 1. The van der Waals surface area contributed by atoms with E-state index in [4.69, 9.17) is 14.7 Å². The topological polar surface area (TPSA) is 74.6 Å². The number of carbonyl (C=O) groups is 1. The van der Waals surface area contributed by atoms with Crippen molar-refractivity contribution in [3.05, 3.63) is 24.3 Å². The predicted octanol–water partition coefficient (Wildman–Crippen LogP) is 2.44. The molecule has 1 rings (SSSR count). The summed E-state index contributed by atoms with van der Waals surface area (Å²) in [6.07, 6.45) is 0. The first-order chi connectivity index (χ1) is 9.34. The van der Waals surface area contributed by atoms with E-state index in [0.29, 0.717) is 11.4 Å². The summed E-state index contributed by atoms with van der Waals surface area (Å²) in [7, 11) is 3.34. The third kappa shape index (κ3) is 5.16. The van der Waals surface area contributed by atoms with Gasteiger partial charge in [0.2, 0.25) is 0 Å². The quantitative estimate of drug-likeness (QED) is 0.839. The maximum Gasteiger partial charge on any atom is 0.321 e. The summed E-state index contributed by atoms with van der Waals surface area (Å²) in [5.41, 5.74) is -0.200. The summed E-state index contributed by atoms with van der Waals surface area (Å²) in [4.78, 5) is 12.9. The molecular formula is C14H19N3O3. The van der Waals surface area contributed by atoms with Crippen LogP contribution in [0.15, 0.2) is 24.3 Å². The number of rotatable bonds is 5. The maximum atomic E-state index is 11.4. The lowest BCUT2D eigenvalue weighted by Gasteiger charge is -2.17. The number of ether oxygens (including phenoxy) is 2. The first kappa shape index (κ1) is 15.8. The van der Waals surface area contributed by atoms with Crippen LogP contribution in [0, 0.1) is 11.3 Å². The van der Waals surface area contributed by atoms with Crippen molar-refractivity contribution in [3.8, 4) is 11.8 Å². The summed E-state index contributed by atoms with van der Waals surface area (Å²) in [5, 5.41) is 11.5. The summed E-state index contributed by atoms with van der Waals surface area (Å²) in [6.45, 7) is 3.32. The average molecular weight is 277 g/mol. The highest BCUT2D eigenvalue weighted by molar-refractivity contribution is 5.88. The van der Waals surface area contributed by atoms with Crippen molar-refractivity contribution >= 4 is 11.7 Å². The Morgan fingerprint density at radius 3 is 2.45 bits per heavy atom. The van der Waals surface area contributed by atoms with Crippen LogP contribution in [-0.2, 0) is 4.74 Å². The molecule has 0 unspecified atom stereocenters. The van der Waals surface area contributed by atoms with Crippen molar-refractivity contribution < 1.29 is 14.3 Å². The molecule has 6 heteroatoms. The maximum absolute atomic E-state index is 11.4. The molecule has 0 bridgehead atoms. The number of amides is 2. The Morgan fingerprint density at radius 2 is 1.95 bits per heavy atom. The van der Waals surface area contributed by atoms with Gasteiger partial charge in [0, 0.05) is 19.8 Å². The second kappa shape index (κ2) is 6.78. The van der Waals surface area contributed by atoms with Gasteiger partial charge in [-0.3, -0.25) is 0 Å². The Kier molecular flexibility index (Phi) is 5.35. The van der Waals surface area contributed by atoms with Gasteiger partial charge >= 0.3 is 6.03 Å². The summed E-state index contributed by atoms with van der Waals surface area (Å²) < 4.78 is 10.6. The zero-order valence-corrected chi connectivity index (χ0v) is 12.1. The van der Waals surface area contributed by atoms with Crippen LogP contribution in [0.3, 0.4) is 0 Å². The molecule has 0 aliphatic carbocycles. The fourth-order valence-electron chi connectivity index (χ4n) is 1.15. The highest BCUT2D eigenvalue weighted by atomic mass is 16.7. The smallest absolute Gasteiger partial charge is 0.321 e. The van der Waals surface area contributed by atoms with E-state index in [2.05, 4.69) is 5.32 Å². The molecule has 0 saturated heterocycles. The van der Waals surface area contributed by atoms with Crippen LogP contribution in [0.1, 0.15) is 13.8 Å². The van der Waals surface area contributed by atoms with Gasteiger partial charge in [0.15, 0.2) is 12.4 Å². The van der Waals surface area contributed by atoms with Gasteiger partial charge in [-0.05, 0) is 38.1 Å². The minimum absolute atomic E-state index is 0.00996. The SMILES string of the molecule is CN(C)C(=O)Nc1ccc(OCOC(C)(C)C#N)cc1. The Bertz CT molecular complexity index is 489. The van der Waals surface area contributed by atoms with Gasteiger partial charge < -0.3 is 19.7 Å². The second-order valence-electron chi connectivity index (χ2n) is 4.88. The van der Waals surface area contributed by atoms with Crippen LogP contribution in [0.5, 0.6) is 5.75 Å². The minimum Gasteiger partial charge on any atom is -0.467 e. The monoisotopic (exact) mass is 277 g/mol. The lowest BCUT2D eigenvalue weighted by Crippen LogP contribution is -2.27. The molecule has 0 aromatic heterocycles. The number of urea groups is 1. The number of nitrogens with one attached hydrogen (secondary N) is 1. The van der Waals surface area contributed by atoms with Gasteiger partial charge in [0.05, 0.1) is 6.07 Å². The predicted molar refractivity (Wildman–Crippen MR) is 75.4 cm³/mol. The van der Waals surface area contributed by atoms with E-state index >= 15 is 0 Å². The van der Waals surface area contributed by atoms with Crippen molar-refractivity contribution in [1.29, 1.82) is 5.26 Å². The highest BCUT2D eigenvalue weighted by Crippen LogP contribution is 2.17. The van der Waals surface area contributed by atoms with Gasteiger partial charge in [-0.2, -0.15) is 5.26 Å². The molecule has 20 heavy (non-hydrogen) atoms. The van der Waals surface area contributed by atoms with Crippen LogP contribution in [-0.4, -0.2) is 37.4 Å². The van der Waals surface area contributed by atoms with Crippen molar-refractivity contribution in [2.75, 3.05) is 26.2 Å². The largest absolute Gasteiger partial charge is 0.467 e. The molecule has 6 nitrogen and oxygen atoms in total. The van der Waals surface area contributed by atoms with E-state index in [9.17, 15) is 4.79 Å². The average Bonchev–Trinajstić information content (AvgIpc) is 2.40. The van der Waals surface area contributed by atoms with Gasteiger partial charge in [-0.25, -0.2) is 4.79 Å². The Hall–Kier alpha value is -2.26. The minimum atomic E-state index is -0.875. The molecule has 0 fully saturated rings. The molecule has 1 aromatic rings. The molecule has 0 spiro atoms. The molecule has 1 aromatic carbocycles. The summed E-state index contributed by atoms with van der Waals surface area (Å²) in [6, 6.07) is 8.71. The molecule has 0 atom stereocenters. The van der Waals surface area contributed by atoms with Crippen LogP contribution in [0.4, 0.5) is 10.5 Å². The fraction of sp³-hybridized carbons (Fsp3) is 0.429. The first-order valence-corrected chi connectivity index (χ1v) is 6.10. The number of nitrogens with zero attached hydrogens (tertiary/aromatic N) is 2. The molecular weight excluding hydrogens is 258 g/mol. The molecule has 0 aliphatic rings. The number of benzene rings is 1. The Balaban J connectivity index is 2.47. The third-order valence-electron chi connectivity index (χ3n) is 2.43. The highest BCUT2D eigenvalue weighted by Gasteiger charge is 2.16. The molecule has 0 heterocycles. The first-order valence-electron chi connectivity index (χ1n) is 6.10. The normalized spacial score (nSPS) is 10.6. The number of hydrogen-bond acceptors (Lipinski definition) is 4. The van der Waals surface area contributed by atoms with E-state index in [-0.39, 0.29) is 12.8 Å². The Labute approximate surface area is 118 Å². The van der Waals surface area contributed by atoms with Crippen LogP contribution in [0.2, 0.25) is 0 Å². The van der Waals surface area contributed by atoms with E-state index in [1.54, 1.807) is 52.2 Å². The molecule has 108 valence electrons. The van der Waals surface area contributed by atoms with E-state index in [1.807, 2.05) is 6.07 Å². The van der Waals surface area contributed by atoms with Gasteiger partial charge in [0.1, 0.15) is 5.75 Å². The summed E-state index contributed by atoms with van der Waals surface area (Å²) >= 11 is 0. The molecule has 0 radical (unpaired) electrons. The zero-order chi connectivity index (χ0) is 15.2. The molecule has 0 aliphatic heterocycles.